The quantitative estimate of drug-likeness (QED) is 0.867. The fourth-order valence-electron chi connectivity index (χ4n) is 2.57. The first-order valence-corrected chi connectivity index (χ1v) is 7.45. The van der Waals surface area contributed by atoms with Crippen LogP contribution in [0.15, 0.2) is 24.3 Å². The minimum atomic E-state index is -1.05. The lowest BCUT2D eigenvalue weighted by molar-refractivity contribution is -0.139. The van der Waals surface area contributed by atoms with Gasteiger partial charge in [0.25, 0.3) is 5.91 Å². The zero-order valence-electron chi connectivity index (χ0n) is 12.7. The molecule has 1 saturated heterocycles. The molecule has 120 valence electrons. The Bertz CT molecular complexity index is 525. The van der Waals surface area contributed by atoms with E-state index >= 15 is 0 Å². The minimum Gasteiger partial charge on any atom is -0.482 e. The monoisotopic (exact) mass is 307 g/mol. The summed E-state index contributed by atoms with van der Waals surface area (Å²) in [5.74, 6) is -0.755. The van der Waals surface area contributed by atoms with E-state index in [1.807, 2.05) is 6.92 Å². The number of amides is 1. The molecule has 1 aromatic rings. The van der Waals surface area contributed by atoms with E-state index in [2.05, 4.69) is 0 Å². The van der Waals surface area contributed by atoms with E-state index in [-0.39, 0.29) is 11.9 Å². The van der Waals surface area contributed by atoms with E-state index in [4.69, 9.17) is 14.6 Å². The Hall–Kier alpha value is -2.08. The number of likely N-dealkylation sites (N-methyl/N-ethyl adjacent to an activating group) is 1. The first-order chi connectivity index (χ1) is 10.6. The molecule has 22 heavy (non-hydrogen) atoms. The van der Waals surface area contributed by atoms with Gasteiger partial charge in [-0.05, 0) is 38.0 Å². The van der Waals surface area contributed by atoms with Crippen molar-refractivity contribution >= 4 is 11.9 Å². The average Bonchev–Trinajstić information content (AvgIpc) is 2.55. The van der Waals surface area contributed by atoms with Crippen molar-refractivity contribution in [2.75, 3.05) is 26.4 Å². The second-order valence-electron chi connectivity index (χ2n) is 5.17. The normalized spacial score (nSPS) is 17.8. The molecule has 0 aromatic heterocycles. The summed E-state index contributed by atoms with van der Waals surface area (Å²) >= 11 is 0. The third kappa shape index (κ3) is 4.21. The molecule has 1 atom stereocenters. The molecule has 0 bridgehead atoms. The second kappa shape index (κ2) is 7.79. The Morgan fingerprint density at radius 2 is 2.27 bits per heavy atom. The number of nitrogens with zero attached hydrogens (tertiary/aromatic N) is 1. The topological polar surface area (TPSA) is 76.1 Å². The number of carbonyl (C=O) groups is 2. The lowest BCUT2D eigenvalue weighted by atomic mass is 10.1. The number of benzene rings is 1. The maximum absolute atomic E-state index is 12.7. The molecule has 2 rings (SSSR count). The second-order valence-corrected chi connectivity index (χ2v) is 5.17. The third-order valence-corrected chi connectivity index (χ3v) is 3.62. The van der Waals surface area contributed by atoms with Gasteiger partial charge in [0.2, 0.25) is 0 Å². The molecule has 6 nitrogen and oxygen atoms in total. The number of ether oxygens (including phenoxy) is 2. The van der Waals surface area contributed by atoms with Crippen molar-refractivity contribution in [3.05, 3.63) is 29.8 Å². The number of rotatable bonds is 6. The highest BCUT2D eigenvalue weighted by Gasteiger charge is 2.25. The van der Waals surface area contributed by atoms with Gasteiger partial charge in [-0.15, -0.1) is 0 Å². The molecule has 1 unspecified atom stereocenters. The highest BCUT2D eigenvalue weighted by molar-refractivity contribution is 5.94. The summed E-state index contributed by atoms with van der Waals surface area (Å²) in [7, 11) is 0. The maximum Gasteiger partial charge on any atom is 0.341 e. The van der Waals surface area contributed by atoms with Gasteiger partial charge in [0, 0.05) is 18.7 Å². The van der Waals surface area contributed by atoms with Crippen LogP contribution in [0.3, 0.4) is 0 Å². The molecule has 0 aliphatic carbocycles. The molecule has 1 aliphatic heterocycles. The molecule has 1 aromatic carbocycles. The SMILES string of the molecule is CCN(C(=O)c1cccc(OCC(=O)O)c1)C1CCCOC1. The van der Waals surface area contributed by atoms with Crippen molar-refractivity contribution in [3.8, 4) is 5.75 Å². The van der Waals surface area contributed by atoms with Gasteiger partial charge >= 0.3 is 5.97 Å². The minimum absolute atomic E-state index is 0.0845. The molecule has 0 radical (unpaired) electrons. The van der Waals surface area contributed by atoms with Crippen LogP contribution in [-0.4, -0.2) is 54.3 Å². The fraction of sp³-hybridized carbons (Fsp3) is 0.500. The Balaban J connectivity index is 2.09. The molecule has 1 fully saturated rings. The van der Waals surface area contributed by atoms with Gasteiger partial charge in [0.1, 0.15) is 5.75 Å². The Morgan fingerprint density at radius 1 is 1.45 bits per heavy atom. The number of carboxylic acid groups (broad SMARTS) is 1. The van der Waals surface area contributed by atoms with Crippen LogP contribution in [0.5, 0.6) is 5.75 Å². The van der Waals surface area contributed by atoms with E-state index in [9.17, 15) is 9.59 Å². The van der Waals surface area contributed by atoms with Gasteiger partial charge < -0.3 is 19.5 Å². The first kappa shape index (κ1) is 16.3. The Kier molecular flexibility index (Phi) is 5.77. The summed E-state index contributed by atoms with van der Waals surface area (Å²) in [6, 6.07) is 6.71. The number of carbonyl (C=O) groups excluding carboxylic acids is 1. The average molecular weight is 307 g/mol. The molecular weight excluding hydrogens is 286 g/mol. The van der Waals surface area contributed by atoms with Crippen molar-refractivity contribution in [1.82, 2.24) is 4.90 Å². The number of aliphatic carboxylic acids is 1. The maximum atomic E-state index is 12.7. The summed E-state index contributed by atoms with van der Waals surface area (Å²) in [6.07, 6.45) is 1.89. The molecule has 0 saturated carbocycles. The van der Waals surface area contributed by atoms with Crippen molar-refractivity contribution in [2.24, 2.45) is 0 Å². The van der Waals surface area contributed by atoms with Crippen LogP contribution < -0.4 is 4.74 Å². The molecule has 1 N–H and O–H groups in total. The zero-order valence-corrected chi connectivity index (χ0v) is 12.7. The largest absolute Gasteiger partial charge is 0.482 e. The van der Waals surface area contributed by atoms with E-state index in [1.165, 1.54) is 0 Å². The van der Waals surface area contributed by atoms with Crippen molar-refractivity contribution in [3.63, 3.8) is 0 Å². The van der Waals surface area contributed by atoms with Crippen LogP contribution in [0.1, 0.15) is 30.1 Å². The first-order valence-electron chi connectivity index (χ1n) is 7.45. The number of hydrogen-bond donors (Lipinski definition) is 1. The van der Waals surface area contributed by atoms with Gasteiger partial charge in [0.15, 0.2) is 6.61 Å². The zero-order chi connectivity index (χ0) is 15.9. The molecular formula is C16H21NO5. The van der Waals surface area contributed by atoms with Gasteiger partial charge in [0.05, 0.1) is 12.6 Å². The Morgan fingerprint density at radius 3 is 2.91 bits per heavy atom. The standard InChI is InChI=1S/C16H21NO5/c1-2-17(13-6-4-8-21-10-13)16(20)12-5-3-7-14(9-12)22-11-15(18)19/h3,5,7,9,13H,2,4,6,8,10-11H2,1H3,(H,18,19). The summed E-state index contributed by atoms with van der Waals surface area (Å²) in [5, 5.41) is 8.64. The van der Waals surface area contributed by atoms with Crippen molar-refractivity contribution in [1.29, 1.82) is 0 Å². The summed E-state index contributed by atoms with van der Waals surface area (Å²) in [6.45, 7) is 3.44. The highest BCUT2D eigenvalue weighted by atomic mass is 16.5. The van der Waals surface area contributed by atoms with Crippen LogP contribution in [0.2, 0.25) is 0 Å². The summed E-state index contributed by atoms with van der Waals surface area (Å²) in [4.78, 5) is 25.0. The molecule has 6 heteroatoms. The highest BCUT2D eigenvalue weighted by Crippen LogP contribution is 2.19. The predicted octanol–water partition coefficient (Wildman–Crippen LogP) is 1.79. The third-order valence-electron chi connectivity index (χ3n) is 3.62. The molecule has 1 amide bonds. The van der Waals surface area contributed by atoms with E-state index < -0.39 is 12.6 Å². The van der Waals surface area contributed by atoms with Crippen molar-refractivity contribution < 1.29 is 24.2 Å². The van der Waals surface area contributed by atoms with Crippen molar-refractivity contribution in [2.45, 2.75) is 25.8 Å². The lowest BCUT2D eigenvalue weighted by Gasteiger charge is -2.33. The predicted molar refractivity (Wildman–Crippen MR) is 80.1 cm³/mol. The van der Waals surface area contributed by atoms with Crippen LogP contribution in [0, 0.1) is 0 Å². The number of hydrogen-bond acceptors (Lipinski definition) is 4. The van der Waals surface area contributed by atoms with Crippen LogP contribution >= 0.6 is 0 Å². The van der Waals surface area contributed by atoms with Crippen LogP contribution in [0.4, 0.5) is 0 Å². The van der Waals surface area contributed by atoms with E-state index in [0.29, 0.717) is 24.5 Å². The fourth-order valence-corrected chi connectivity index (χ4v) is 2.57. The van der Waals surface area contributed by atoms with Gasteiger partial charge in [-0.2, -0.15) is 0 Å². The molecule has 1 heterocycles. The summed E-state index contributed by atoms with van der Waals surface area (Å²) in [5.41, 5.74) is 0.496. The summed E-state index contributed by atoms with van der Waals surface area (Å²) < 4.78 is 10.6. The molecule has 1 aliphatic rings. The van der Waals surface area contributed by atoms with Gasteiger partial charge in [-0.25, -0.2) is 4.79 Å². The van der Waals surface area contributed by atoms with Crippen LogP contribution in [0.25, 0.3) is 0 Å². The number of carboxylic acids is 1. The Labute approximate surface area is 129 Å². The molecule has 0 spiro atoms. The lowest BCUT2D eigenvalue weighted by Crippen LogP contribution is -2.44. The smallest absolute Gasteiger partial charge is 0.341 e. The van der Waals surface area contributed by atoms with Gasteiger partial charge in [-0.3, -0.25) is 4.79 Å². The van der Waals surface area contributed by atoms with E-state index in [1.54, 1.807) is 29.2 Å². The van der Waals surface area contributed by atoms with Crippen LogP contribution in [-0.2, 0) is 9.53 Å². The van der Waals surface area contributed by atoms with E-state index in [0.717, 1.165) is 19.4 Å². The van der Waals surface area contributed by atoms with Gasteiger partial charge in [-0.1, -0.05) is 6.07 Å².